The lowest BCUT2D eigenvalue weighted by Crippen LogP contribution is -2.29. The van der Waals surface area contributed by atoms with E-state index >= 15 is 0 Å². The fraction of sp³-hybridized carbons (Fsp3) is 0.412. The van der Waals surface area contributed by atoms with Crippen molar-refractivity contribution in [2.24, 2.45) is 5.92 Å². The standard InChI is InChI=1S/C17H18F3NO3S/c1-10(2)4-3-7-21-15(23)14(25-16(21)24)9-11-5-6-13(22)12(8-11)17(18,19)20/h5-6,8-10,22H,3-4,7H2,1-2H3. The van der Waals surface area contributed by atoms with Gasteiger partial charge in [-0.05, 0) is 54.3 Å². The van der Waals surface area contributed by atoms with E-state index in [4.69, 9.17) is 0 Å². The van der Waals surface area contributed by atoms with Gasteiger partial charge in [-0.15, -0.1) is 0 Å². The average molecular weight is 373 g/mol. The van der Waals surface area contributed by atoms with Gasteiger partial charge in [0.1, 0.15) is 5.75 Å². The van der Waals surface area contributed by atoms with Gasteiger partial charge in [-0.1, -0.05) is 19.9 Å². The first kappa shape index (κ1) is 19.4. The lowest BCUT2D eigenvalue weighted by Gasteiger charge is -2.13. The van der Waals surface area contributed by atoms with Crippen molar-refractivity contribution >= 4 is 29.0 Å². The Kier molecular flexibility index (Phi) is 5.82. The largest absolute Gasteiger partial charge is 0.507 e. The predicted octanol–water partition coefficient (Wildman–Crippen LogP) is 4.88. The minimum atomic E-state index is -4.70. The molecule has 8 heteroatoms. The monoisotopic (exact) mass is 373 g/mol. The number of nitrogens with zero attached hydrogens (tertiary/aromatic N) is 1. The summed E-state index contributed by atoms with van der Waals surface area (Å²) in [6, 6.07) is 2.93. The number of carbonyl (C=O) groups excluding carboxylic acids is 2. The summed E-state index contributed by atoms with van der Waals surface area (Å²) >= 11 is 0.708. The van der Waals surface area contributed by atoms with E-state index in [9.17, 15) is 27.9 Å². The van der Waals surface area contributed by atoms with Gasteiger partial charge in [0.15, 0.2) is 0 Å². The second-order valence-corrected chi connectivity index (χ2v) is 7.14. The van der Waals surface area contributed by atoms with Gasteiger partial charge >= 0.3 is 6.18 Å². The Bertz CT molecular complexity index is 714. The smallest absolute Gasteiger partial charge is 0.419 e. The summed E-state index contributed by atoms with van der Waals surface area (Å²) in [5.74, 6) is -0.930. The molecule has 0 spiro atoms. The number of amides is 2. The molecule has 25 heavy (non-hydrogen) atoms. The first-order valence-corrected chi connectivity index (χ1v) is 8.57. The molecule has 2 amide bonds. The van der Waals surface area contributed by atoms with Crippen LogP contribution in [0.2, 0.25) is 0 Å². The highest BCUT2D eigenvalue weighted by Crippen LogP contribution is 2.38. The second kappa shape index (κ2) is 7.51. The Labute approximate surface area is 147 Å². The van der Waals surface area contributed by atoms with Crippen LogP contribution in [0.3, 0.4) is 0 Å². The number of thioether (sulfide) groups is 1. The minimum absolute atomic E-state index is 0.0772. The molecule has 1 aliphatic rings. The number of hydrogen-bond acceptors (Lipinski definition) is 4. The number of phenols is 1. The van der Waals surface area contributed by atoms with Gasteiger partial charge in [0, 0.05) is 6.54 Å². The fourth-order valence-corrected chi connectivity index (χ4v) is 3.24. The summed E-state index contributed by atoms with van der Waals surface area (Å²) in [5.41, 5.74) is -1.09. The van der Waals surface area contributed by atoms with E-state index < -0.39 is 28.6 Å². The molecule has 1 aromatic carbocycles. The Morgan fingerprint density at radius 3 is 2.56 bits per heavy atom. The number of halogens is 3. The van der Waals surface area contributed by atoms with Crippen molar-refractivity contribution in [2.45, 2.75) is 32.9 Å². The maximum absolute atomic E-state index is 12.8. The molecular weight excluding hydrogens is 355 g/mol. The normalized spacial score (nSPS) is 17.2. The van der Waals surface area contributed by atoms with Crippen LogP contribution in [0.1, 0.15) is 37.8 Å². The Morgan fingerprint density at radius 2 is 1.96 bits per heavy atom. The van der Waals surface area contributed by atoms with E-state index in [2.05, 4.69) is 0 Å². The van der Waals surface area contributed by atoms with Gasteiger partial charge in [0.05, 0.1) is 10.5 Å². The van der Waals surface area contributed by atoms with E-state index in [0.29, 0.717) is 30.6 Å². The van der Waals surface area contributed by atoms with Gasteiger partial charge in [0.25, 0.3) is 11.1 Å². The number of benzene rings is 1. The molecular formula is C17H18F3NO3S. The summed E-state index contributed by atoms with van der Waals surface area (Å²) in [6.45, 7) is 4.37. The van der Waals surface area contributed by atoms with Crippen molar-refractivity contribution in [3.8, 4) is 5.75 Å². The SMILES string of the molecule is CC(C)CCCN1C(=O)SC(=Cc2ccc(O)c(C(F)(F)F)c2)C1=O. The Morgan fingerprint density at radius 1 is 1.28 bits per heavy atom. The van der Waals surface area contributed by atoms with Crippen LogP contribution in [0.15, 0.2) is 23.1 Å². The van der Waals surface area contributed by atoms with Gasteiger partial charge in [0.2, 0.25) is 0 Å². The maximum Gasteiger partial charge on any atom is 0.419 e. The highest BCUT2D eigenvalue weighted by atomic mass is 32.2. The predicted molar refractivity (Wildman–Crippen MR) is 89.9 cm³/mol. The van der Waals surface area contributed by atoms with E-state index in [-0.39, 0.29) is 10.5 Å². The number of rotatable bonds is 5. The van der Waals surface area contributed by atoms with Crippen molar-refractivity contribution in [1.82, 2.24) is 4.90 Å². The Hall–Kier alpha value is -1.96. The molecule has 1 saturated heterocycles. The third kappa shape index (κ3) is 4.78. The topological polar surface area (TPSA) is 57.6 Å². The zero-order valence-corrected chi connectivity index (χ0v) is 14.6. The quantitative estimate of drug-likeness (QED) is 0.747. The molecule has 4 nitrogen and oxygen atoms in total. The van der Waals surface area contributed by atoms with Gasteiger partial charge in [-0.3, -0.25) is 14.5 Å². The van der Waals surface area contributed by atoms with Crippen molar-refractivity contribution in [3.63, 3.8) is 0 Å². The van der Waals surface area contributed by atoms with Crippen molar-refractivity contribution in [3.05, 3.63) is 34.2 Å². The summed E-state index contributed by atoms with van der Waals surface area (Å²) in [6.07, 6.45) is -1.92. The number of imide groups is 1. The molecule has 0 unspecified atom stereocenters. The molecule has 0 aromatic heterocycles. The van der Waals surface area contributed by atoms with Crippen LogP contribution in [-0.4, -0.2) is 27.7 Å². The van der Waals surface area contributed by atoms with Crippen LogP contribution in [0.5, 0.6) is 5.75 Å². The summed E-state index contributed by atoms with van der Waals surface area (Å²) < 4.78 is 38.5. The third-order valence-electron chi connectivity index (χ3n) is 3.66. The van der Waals surface area contributed by atoms with E-state index in [0.717, 1.165) is 23.5 Å². The summed E-state index contributed by atoms with van der Waals surface area (Å²) in [4.78, 5) is 25.4. The molecule has 1 aliphatic heterocycles. The molecule has 0 aliphatic carbocycles. The van der Waals surface area contributed by atoms with Crippen molar-refractivity contribution < 1.29 is 27.9 Å². The number of carbonyl (C=O) groups is 2. The van der Waals surface area contributed by atoms with Crippen LogP contribution in [0, 0.1) is 5.92 Å². The van der Waals surface area contributed by atoms with Gasteiger partial charge < -0.3 is 5.11 Å². The molecule has 0 radical (unpaired) electrons. The van der Waals surface area contributed by atoms with Crippen LogP contribution in [0.4, 0.5) is 18.0 Å². The van der Waals surface area contributed by atoms with E-state index in [1.54, 1.807) is 0 Å². The molecule has 1 N–H and O–H groups in total. The first-order chi connectivity index (χ1) is 11.6. The zero-order valence-electron chi connectivity index (χ0n) is 13.8. The highest BCUT2D eigenvalue weighted by molar-refractivity contribution is 8.18. The Balaban J connectivity index is 2.19. The molecule has 1 heterocycles. The van der Waals surface area contributed by atoms with E-state index in [1.807, 2.05) is 13.8 Å². The van der Waals surface area contributed by atoms with Gasteiger partial charge in [-0.25, -0.2) is 0 Å². The second-order valence-electron chi connectivity index (χ2n) is 6.14. The lowest BCUT2D eigenvalue weighted by molar-refractivity contribution is -0.138. The van der Waals surface area contributed by atoms with Crippen LogP contribution in [0.25, 0.3) is 6.08 Å². The summed E-state index contributed by atoms with van der Waals surface area (Å²) in [5, 5.41) is 8.91. The fourth-order valence-electron chi connectivity index (χ4n) is 2.37. The van der Waals surface area contributed by atoms with Crippen molar-refractivity contribution in [2.75, 3.05) is 6.54 Å². The zero-order chi connectivity index (χ0) is 18.8. The third-order valence-corrected chi connectivity index (χ3v) is 4.57. The number of aromatic hydroxyl groups is 1. The highest BCUT2D eigenvalue weighted by Gasteiger charge is 2.36. The number of hydrogen-bond donors (Lipinski definition) is 1. The van der Waals surface area contributed by atoms with Crippen LogP contribution in [-0.2, 0) is 11.0 Å². The molecule has 0 atom stereocenters. The van der Waals surface area contributed by atoms with Gasteiger partial charge in [-0.2, -0.15) is 13.2 Å². The maximum atomic E-state index is 12.8. The summed E-state index contributed by atoms with van der Waals surface area (Å²) in [7, 11) is 0. The first-order valence-electron chi connectivity index (χ1n) is 7.75. The molecule has 0 bridgehead atoms. The van der Waals surface area contributed by atoms with Crippen LogP contribution < -0.4 is 0 Å². The molecule has 1 aromatic rings. The molecule has 2 rings (SSSR count). The lowest BCUT2D eigenvalue weighted by atomic mass is 10.1. The van der Waals surface area contributed by atoms with Crippen LogP contribution >= 0.6 is 11.8 Å². The molecule has 0 saturated carbocycles. The molecule has 136 valence electrons. The molecule has 1 fully saturated rings. The number of phenolic OH excluding ortho intramolecular Hbond substituents is 1. The average Bonchev–Trinajstić information content (AvgIpc) is 2.75. The van der Waals surface area contributed by atoms with Crippen molar-refractivity contribution in [1.29, 1.82) is 0 Å². The minimum Gasteiger partial charge on any atom is -0.507 e. The van der Waals surface area contributed by atoms with E-state index in [1.165, 1.54) is 12.1 Å². The number of alkyl halides is 3.